The molecular formula is C22H20O5. The highest BCUT2D eigenvalue weighted by Crippen LogP contribution is 2.28. The number of benzene rings is 3. The number of para-hydroxylation sites is 3. The van der Waals surface area contributed by atoms with Crippen LogP contribution in [-0.2, 0) is 9.53 Å². The monoisotopic (exact) mass is 364 g/mol. The van der Waals surface area contributed by atoms with Gasteiger partial charge in [0, 0.05) is 0 Å². The minimum absolute atomic E-state index is 0.148. The molecule has 0 aliphatic heterocycles. The molecule has 3 aromatic carbocycles. The highest BCUT2D eigenvalue weighted by atomic mass is 16.9. The molecule has 0 saturated heterocycles. The van der Waals surface area contributed by atoms with Gasteiger partial charge in [0.05, 0.1) is 6.61 Å². The predicted molar refractivity (Wildman–Crippen MR) is 101 cm³/mol. The van der Waals surface area contributed by atoms with Gasteiger partial charge >= 0.3 is 11.9 Å². The molecule has 0 N–H and O–H groups in total. The third-order valence-corrected chi connectivity index (χ3v) is 3.51. The molecule has 0 spiro atoms. The molecule has 138 valence electrons. The lowest BCUT2D eigenvalue weighted by atomic mass is 10.3. The highest BCUT2D eigenvalue weighted by Gasteiger charge is 2.50. The minimum Gasteiger partial charge on any atom is -0.457 e. The summed E-state index contributed by atoms with van der Waals surface area (Å²) < 4.78 is 22.9. The summed E-state index contributed by atoms with van der Waals surface area (Å²) in [4.78, 5) is 12.9. The first-order valence-corrected chi connectivity index (χ1v) is 8.61. The quantitative estimate of drug-likeness (QED) is 0.437. The van der Waals surface area contributed by atoms with Crippen molar-refractivity contribution in [2.75, 3.05) is 6.61 Å². The zero-order valence-electron chi connectivity index (χ0n) is 14.9. The van der Waals surface area contributed by atoms with E-state index in [1.54, 1.807) is 79.7 Å². The zero-order valence-corrected chi connectivity index (χ0v) is 14.9. The number of ether oxygens (including phenoxy) is 4. The Hall–Kier alpha value is -3.47. The molecule has 0 aromatic heterocycles. The van der Waals surface area contributed by atoms with Crippen LogP contribution in [0.2, 0.25) is 0 Å². The molecule has 0 saturated carbocycles. The van der Waals surface area contributed by atoms with Crippen LogP contribution in [0.3, 0.4) is 0 Å². The third-order valence-electron chi connectivity index (χ3n) is 3.51. The predicted octanol–water partition coefficient (Wildman–Crippen LogP) is 4.44. The lowest BCUT2D eigenvalue weighted by Gasteiger charge is -2.31. The molecule has 0 aliphatic rings. The summed E-state index contributed by atoms with van der Waals surface area (Å²) in [6, 6.07) is 26.5. The van der Waals surface area contributed by atoms with Crippen LogP contribution in [0.5, 0.6) is 17.2 Å². The van der Waals surface area contributed by atoms with E-state index >= 15 is 0 Å². The fraction of sp³-hybridized carbons (Fsp3) is 0.136. The van der Waals surface area contributed by atoms with Crippen LogP contribution < -0.4 is 14.2 Å². The van der Waals surface area contributed by atoms with Gasteiger partial charge in [-0.25, -0.2) is 4.79 Å². The van der Waals surface area contributed by atoms with E-state index < -0.39 is 11.9 Å². The van der Waals surface area contributed by atoms with Crippen molar-refractivity contribution in [3.8, 4) is 17.2 Å². The maximum Gasteiger partial charge on any atom is 0.523 e. The van der Waals surface area contributed by atoms with Crippen molar-refractivity contribution in [2.24, 2.45) is 0 Å². The Morgan fingerprint density at radius 3 is 1.30 bits per heavy atom. The van der Waals surface area contributed by atoms with E-state index in [4.69, 9.17) is 18.9 Å². The second-order valence-electron chi connectivity index (χ2n) is 5.52. The molecule has 0 unspecified atom stereocenters. The molecule has 5 heteroatoms. The highest BCUT2D eigenvalue weighted by molar-refractivity contribution is 5.77. The first-order chi connectivity index (χ1) is 13.2. The molecule has 0 atom stereocenters. The van der Waals surface area contributed by atoms with Crippen molar-refractivity contribution in [1.82, 2.24) is 0 Å². The summed E-state index contributed by atoms with van der Waals surface area (Å²) in [6.45, 7) is 1.85. The van der Waals surface area contributed by atoms with Crippen molar-refractivity contribution < 1.29 is 23.7 Å². The smallest absolute Gasteiger partial charge is 0.457 e. The number of hydrogen-bond donors (Lipinski definition) is 0. The maximum absolute atomic E-state index is 12.9. The van der Waals surface area contributed by atoms with E-state index in [-0.39, 0.29) is 6.61 Å². The number of rotatable bonds is 8. The molecule has 3 rings (SSSR count). The van der Waals surface area contributed by atoms with Crippen LogP contribution in [0.1, 0.15) is 6.92 Å². The van der Waals surface area contributed by atoms with E-state index in [1.165, 1.54) is 0 Å². The fourth-order valence-electron chi connectivity index (χ4n) is 2.34. The minimum atomic E-state index is -2.14. The maximum atomic E-state index is 12.9. The van der Waals surface area contributed by atoms with Gasteiger partial charge in [-0.2, -0.15) is 0 Å². The second kappa shape index (κ2) is 8.76. The lowest BCUT2D eigenvalue weighted by Crippen LogP contribution is -2.56. The topological polar surface area (TPSA) is 54.0 Å². The Labute approximate surface area is 158 Å². The molecule has 5 nitrogen and oxygen atoms in total. The molecule has 0 aliphatic carbocycles. The van der Waals surface area contributed by atoms with Crippen LogP contribution in [0.15, 0.2) is 91.0 Å². The van der Waals surface area contributed by atoms with Crippen LogP contribution in [0.4, 0.5) is 0 Å². The van der Waals surface area contributed by atoms with Crippen molar-refractivity contribution in [3.63, 3.8) is 0 Å². The standard InChI is InChI=1S/C22H20O5/c1-2-24-21(23)22(25-18-12-6-3-7-13-18,26-19-14-8-4-9-15-19)27-20-16-10-5-11-17-20/h3-17H,2H2,1H3. The van der Waals surface area contributed by atoms with Crippen molar-refractivity contribution >= 4 is 5.97 Å². The van der Waals surface area contributed by atoms with Gasteiger partial charge in [-0.3, -0.25) is 0 Å². The van der Waals surface area contributed by atoms with Gasteiger partial charge in [-0.1, -0.05) is 54.6 Å². The molecule has 27 heavy (non-hydrogen) atoms. The van der Waals surface area contributed by atoms with E-state index in [1.807, 2.05) is 18.2 Å². The summed E-state index contributed by atoms with van der Waals surface area (Å²) >= 11 is 0. The average molecular weight is 364 g/mol. The molecule has 3 aromatic rings. The zero-order chi connectivity index (χ0) is 19.0. The summed E-state index contributed by atoms with van der Waals surface area (Å²) in [7, 11) is 0. The van der Waals surface area contributed by atoms with Gasteiger partial charge < -0.3 is 18.9 Å². The van der Waals surface area contributed by atoms with Crippen LogP contribution in [0.25, 0.3) is 0 Å². The SMILES string of the molecule is CCOC(=O)C(Oc1ccccc1)(Oc1ccccc1)Oc1ccccc1. The first kappa shape index (κ1) is 18.3. The Morgan fingerprint density at radius 1 is 0.667 bits per heavy atom. The van der Waals surface area contributed by atoms with Gasteiger partial charge in [0.15, 0.2) is 0 Å². The Balaban J connectivity index is 2.02. The van der Waals surface area contributed by atoms with Crippen molar-refractivity contribution in [3.05, 3.63) is 91.0 Å². The largest absolute Gasteiger partial charge is 0.523 e. The van der Waals surface area contributed by atoms with E-state index in [0.717, 1.165) is 0 Å². The third kappa shape index (κ3) is 4.79. The first-order valence-electron chi connectivity index (χ1n) is 8.61. The molecule has 0 bridgehead atoms. The van der Waals surface area contributed by atoms with Crippen molar-refractivity contribution in [2.45, 2.75) is 12.9 Å². The van der Waals surface area contributed by atoms with Crippen LogP contribution in [0, 0.1) is 0 Å². The number of carbonyl (C=O) groups excluding carboxylic acids is 1. The fourth-order valence-corrected chi connectivity index (χ4v) is 2.34. The normalized spacial score (nSPS) is 10.7. The molecular weight excluding hydrogens is 344 g/mol. The molecule has 0 fully saturated rings. The molecule has 0 heterocycles. The van der Waals surface area contributed by atoms with E-state index in [9.17, 15) is 4.79 Å². The van der Waals surface area contributed by atoms with Gasteiger partial charge in [0.1, 0.15) is 17.2 Å². The van der Waals surface area contributed by atoms with Gasteiger partial charge in [-0.05, 0) is 43.3 Å². The lowest BCUT2D eigenvalue weighted by molar-refractivity contribution is -0.259. The Bertz CT molecular complexity index is 733. The van der Waals surface area contributed by atoms with Gasteiger partial charge in [0.25, 0.3) is 0 Å². The van der Waals surface area contributed by atoms with Crippen molar-refractivity contribution in [1.29, 1.82) is 0 Å². The molecule has 0 amide bonds. The summed E-state index contributed by atoms with van der Waals surface area (Å²) in [6.07, 6.45) is 0. The van der Waals surface area contributed by atoms with Gasteiger partial charge in [0.2, 0.25) is 0 Å². The van der Waals surface area contributed by atoms with Crippen LogP contribution in [-0.4, -0.2) is 18.5 Å². The van der Waals surface area contributed by atoms with Gasteiger partial charge in [-0.15, -0.1) is 0 Å². The van der Waals surface area contributed by atoms with E-state index in [0.29, 0.717) is 17.2 Å². The molecule has 0 radical (unpaired) electrons. The van der Waals surface area contributed by atoms with Crippen LogP contribution >= 0.6 is 0 Å². The average Bonchev–Trinajstić information content (AvgIpc) is 2.70. The number of hydrogen-bond acceptors (Lipinski definition) is 5. The summed E-state index contributed by atoms with van der Waals surface area (Å²) in [5.74, 6) is -1.73. The second-order valence-corrected chi connectivity index (χ2v) is 5.52. The summed E-state index contributed by atoms with van der Waals surface area (Å²) in [5.41, 5.74) is 0. The number of esters is 1. The Kier molecular flexibility index (Phi) is 5.94. The number of carbonyl (C=O) groups is 1. The van der Waals surface area contributed by atoms with E-state index in [2.05, 4.69) is 0 Å². The summed E-state index contributed by atoms with van der Waals surface area (Å²) in [5, 5.41) is 0. The Morgan fingerprint density at radius 2 is 1.00 bits per heavy atom.